The molecule has 4 nitrogen and oxygen atoms in total. The van der Waals surface area contributed by atoms with Gasteiger partial charge in [-0.15, -0.1) is 0 Å². The Morgan fingerprint density at radius 2 is 1.68 bits per heavy atom. The molecule has 2 unspecified atom stereocenters. The van der Waals surface area contributed by atoms with Crippen molar-refractivity contribution in [3.63, 3.8) is 0 Å². The normalized spacial score (nSPS) is 24.4. The van der Waals surface area contributed by atoms with Crippen LogP contribution in [0.5, 0.6) is 0 Å². The van der Waals surface area contributed by atoms with E-state index >= 15 is 0 Å². The summed E-state index contributed by atoms with van der Waals surface area (Å²) < 4.78 is 27.5. The quantitative estimate of drug-likeness (QED) is 0.888. The average Bonchev–Trinajstić information content (AvgIpc) is 2.31. The zero-order valence-corrected chi connectivity index (χ0v) is 12.3. The maximum atomic E-state index is 12.4. The Balaban J connectivity index is 2.22. The van der Waals surface area contributed by atoms with E-state index in [9.17, 15) is 8.42 Å². The van der Waals surface area contributed by atoms with Crippen molar-refractivity contribution in [1.29, 1.82) is 0 Å². The predicted molar refractivity (Wildman–Crippen MR) is 76.5 cm³/mol. The SMILES string of the molecule is Cc1cc(C)cc(S(=O)(=O)NC2CCCCC2N)c1. The summed E-state index contributed by atoms with van der Waals surface area (Å²) in [5, 5.41) is 0. The van der Waals surface area contributed by atoms with Crippen molar-refractivity contribution in [3.05, 3.63) is 29.3 Å². The molecule has 19 heavy (non-hydrogen) atoms. The van der Waals surface area contributed by atoms with Gasteiger partial charge in [-0.25, -0.2) is 13.1 Å². The van der Waals surface area contributed by atoms with Gasteiger partial charge in [0, 0.05) is 12.1 Å². The third kappa shape index (κ3) is 3.55. The molecule has 1 fully saturated rings. The Bertz CT molecular complexity index is 534. The van der Waals surface area contributed by atoms with Gasteiger partial charge in [0.1, 0.15) is 0 Å². The number of benzene rings is 1. The summed E-state index contributed by atoms with van der Waals surface area (Å²) in [7, 11) is -3.47. The van der Waals surface area contributed by atoms with Gasteiger partial charge in [-0.05, 0) is 49.9 Å². The van der Waals surface area contributed by atoms with Crippen LogP contribution in [0, 0.1) is 13.8 Å². The fraction of sp³-hybridized carbons (Fsp3) is 0.571. The average molecular weight is 282 g/mol. The van der Waals surface area contributed by atoms with Gasteiger partial charge in [0.25, 0.3) is 0 Å². The Morgan fingerprint density at radius 3 is 2.26 bits per heavy atom. The summed E-state index contributed by atoms with van der Waals surface area (Å²) in [6.07, 6.45) is 3.84. The third-order valence-electron chi connectivity index (χ3n) is 3.63. The molecule has 1 saturated carbocycles. The minimum absolute atomic E-state index is 0.0746. The van der Waals surface area contributed by atoms with E-state index in [1.54, 1.807) is 12.1 Å². The Morgan fingerprint density at radius 1 is 1.11 bits per heavy atom. The first-order valence-corrected chi connectivity index (χ1v) is 8.23. The topological polar surface area (TPSA) is 72.2 Å². The first-order valence-electron chi connectivity index (χ1n) is 6.75. The highest BCUT2D eigenvalue weighted by Crippen LogP contribution is 2.20. The molecule has 1 aliphatic rings. The molecule has 0 radical (unpaired) electrons. The number of nitrogens with two attached hydrogens (primary N) is 1. The zero-order chi connectivity index (χ0) is 14.0. The fourth-order valence-corrected chi connectivity index (χ4v) is 4.17. The van der Waals surface area contributed by atoms with E-state index in [-0.39, 0.29) is 12.1 Å². The molecule has 0 spiro atoms. The zero-order valence-electron chi connectivity index (χ0n) is 11.5. The highest BCUT2D eigenvalue weighted by Gasteiger charge is 2.27. The lowest BCUT2D eigenvalue weighted by Crippen LogP contribution is -2.49. The molecule has 0 saturated heterocycles. The lowest BCUT2D eigenvalue weighted by Gasteiger charge is -2.29. The van der Waals surface area contributed by atoms with Crippen LogP contribution in [0.1, 0.15) is 36.8 Å². The molecule has 0 heterocycles. The van der Waals surface area contributed by atoms with E-state index in [4.69, 9.17) is 5.73 Å². The van der Waals surface area contributed by atoms with E-state index in [2.05, 4.69) is 4.72 Å². The first-order chi connectivity index (χ1) is 8.88. The molecule has 1 aliphatic carbocycles. The van der Waals surface area contributed by atoms with Crippen LogP contribution in [0.2, 0.25) is 0 Å². The van der Waals surface area contributed by atoms with Crippen molar-refractivity contribution in [1.82, 2.24) is 4.72 Å². The molecule has 3 N–H and O–H groups in total. The van der Waals surface area contributed by atoms with Crippen molar-refractivity contribution in [2.24, 2.45) is 5.73 Å². The van der Waals surface area contributed by atoms with Gasteiger partial charge in [0.05, 0.1) is 4.90 Å². The largest absolute Gasteiger partial charge is 0.326 e. The summed E-state index contributed by atoms with van der Waals surface area (Å²) in [4.78, 5) is 0.336. The van der Waals surface area contributed by atoms with Gasteiger partial charge in [-0.1, -0.05) is 18.9 Å². The Hall–Kier alpha value is -0.910. The van der Waals surface area contributed by atoms with E-state index in [1.807, 2.05) is 19.9 Å². The molecular weight excluding hydrogens is 260 g/mol. The van der Waals surface area contributed by atoms with Crippen LogP contribution >= 0.6 is 0 Å². The van der Waals surface area contributed by atoms with Crippen LogP contribution in [0.4, 0.5) is 0 Å². The molecule has 0 bridgehead atoms. The lowest BCUT2D eigenvalue weighted by molar-refractivity contribution is 0.361. The number of nitrogens with one attached hydrogen (secondary N) is 1. The number of hydrogen-bond donors (Lipinski definition) is 2. The monoisotopic (exact) mass is 282 g/mol. The molecule has 1 aromatic rings. The van der Waals surface area contributed by atoms with Gasteiger partial charge in [0.15, 0.2) is 0 Å². The molecule has 0 aromatic heterocycles. The van der Waals surface area contributed by atoms with E-state index in [0.29, 0.717) is 4.90 Å². The second-order valence-corrected chi connectivity index (χ2v) is 7.21. The van der Waals surface area contributed by atoms with Gasteiger partial charge < -0.3 is 5.73 Å². The number of hydrogen-bond acceptors (Lipinski definition) is 3. The summed E-state index contributed by atoms with van der Waals surface area (Å²) in [6, 6.07) is 5.15. The summed E-state index contributed by atoms with van der Waals surface area (Å²) in [6.45, 7) is 3.80. The van der Waals surface area contributed by atoms with Gasteiger partial charge in [-0.2, -0.15) is 0 Å². The van der Waals surface area contributed by atoms with Crippen molar-refractivity contribution in [3.8, 4) is 0 Å². The first kappa shape index (κ1) is 14.5. The predicted octanol–water partition coefficient (Wildman–Crippen LogP) is 1.85. The molecular formula is C14H22N2O2S. The second-order valence-electron chi connectivity index (χ2n) is 5.50. The number of rotatable bonds is 3. The lowest BCUT2D eigenvalue weighted by atomic mass is 9.92. The van der Waals surface area contributed by atoms with Crippen LogP contribution in [0.15, 0.2) is 23.1 Å². The van der Waals surface area contributed by atoms with Crippen molar-refractivity contribution in [2.75, 3.05) is 0 Å². The third-order valence-corrected chi connectivity index (χ3v) is 5.10. The van der Waals surface area contributed by atoms with Crippen molar-refractivity contribution < 1.29 is 8.42 Å². The summed E-state index contributed by atoms with van der Waals surface area (Å²) in [5.74, 6) is 0. The van der Waals surface area contributed by atoms with Crippen LogP contribution < -0.4 is 10.5 Å². The highest BCUT2D eigenvalue weighted by molar-refractivity contribution is 7.89. The maximum absolute atomic E-state index is 12.4. The molecule has 5 heteroatoms. The van der Waals surface area contributed by atoms with Crippen LogP contribution in [0.25, 0.3) is 0 Å². The maximum Gasteiger partial charge on any atom is 0.240 e. The minimum Gasteiger partial charge on any atom is -0.326 e. The minimum atomic E-state index is -3.47. The van der Waals surface area contributed by atoms with Crippen molar-refractivity contribution >= 4 is 10.0 Å². The number of sulfonamides is 1. The molecule has 1 aromatic carbocycles. The second kappa shape index (κ2) is 5.61. The van der Waals surface area contributed by atoms with E-state index < -0.39 is 10.0 Å². The van der Waals surface area contributed by atoms with Gasteiger partial charge in [0.2, 0.25) is 10.0 Å². The van der Waals surface area contributed by atoms with E-state index in [1.165, 1.54) is 0 Å². The molecule has 0 amide bonds. The van der Waals surface area contributed by atoms with Crippen LogP contribution in [-0.4, -0.2) is 20.5 Å². The molecule has 2 atom stereocenters. The Kier molecular flexibility index (Phi) is 4.28. The van der Waals surface area contributed by atoms with Gasteiger partial charge >= 0.3 is 0 Å². The fourth-order valence-electron chi connectivity index (χ4n) is 2.66. The number of aryl methyl sites for hydroxylation is 2. The Labute approximate surface area is 115 Å². The van der Waals surface area contributed by atoms with E-state index in [0.717, 1.165) is 36.8 Å². The van der Waals surface area contributed by atoms with Gasteiger partial charge in [-0.3, -0.25) is 0 Å². The molecule has 106 valence electrons. The highest BCUT2D eigenvalue weighted by atomic mass is 32.2. The molecule has 0 aliphatic heterocycles. The van der Waals surface area contributed by atoms with Crippen molar-refractivity contribution in [2.45, 2.75) is 56.5 Å². The standard InChI is InChI=1S/C14H22N2O2S/c1-10-7-11(2)9-12(8-10)19(17,18)16-14-6-4-3-5-13(14)15/h7-9,13-14,16H,3-6,15H2,1-2H3. The summed E-state index contributed by atoms with van der Waals surface area (Å²) >= 11 is 0. The van der Waals surface area contributed by atoms with Crippen LogP contribution in [0.3, 0.4) is 0 Å². The smallest absolute Gasteiger partial charge is 0.240 e. The molecule has 2 rings (SSSR count). The van der Waals surface area contributed by atoms with Crippen LogP contribution in [-0.2, 0) is 10.0 Å². The summed E-state index contributed by atoms with van der Waals surface area (Å²) in [5.41, 5.74) is 7.90.